The van der Waals surface area contributed by atoms with E-state index in [1.165, 1.54) is 43.7 Å². The SMILES string of the molecule is CC1=[C-]C(C)([Si](c2ccccc2)(c2ccccc2)c2cc(N(C)C)cc(N(C)C)c2)C(C)=C1C.[Cl-].[Cl-].[Cl-].[Ti+4]. The van der Waals surface area contributed by atoms with Crippen molar-refractivity contribution in [1.82, 2.24) is 0 Å². The summed E-state index contributed by atoms with van der Waals surface area (Å²) in [5.74, 6) is 0. The van der Waals surface area contributed by atoms with Gasteiger partial charge in [-0.25, -0.2) is 5.57 Å². The van der Waals surface area contributed by atoms with Crippen LogP contribution in [0.5, 0.6) is 0 Å². The summed E-state index contributed by atoms with van der Waals surface area (Å²) in [5, 5.41) is 4.02. The average Bonchev–Trinajstić information content (AvgIpc) is 3.03. The standard InChI is InChI=1S/C31H37N2Si.3ClH.Ti/c1-23-22-31(4,25(3)24(23)2)34(28-15-11-9-12-16-28,29-17-13-10-14-18-29)30-20-26(32(5)6)19-27(21-30)33(7)8;;;;/h9-21H,1-8H3;3*1H;/q-1;;;;+4/p-3. The second-order valence-corrected chi connectivity index (χ2v) is 14.4. The van der Waals surface area contributed by atoms with Gasteiger partial charge < -0.3 is 47.0 Å². The molecular weight excluding hydrogens is 583 g/mol. The Morgan fingerprint density at radius 2 is 1.03 bits per heavy atom. The van der Waals surface area contributed by atoms with Crippen LogP contribution < -0.4 is 62.6 Å². The molecule has 0 fully saturated rings. The topological polar surface area (TPSA) is 6.48 Å². The zero-order valence-electron chi connectivity index (χ0n) is 23.5. The van der Waals surface area contributed by atoms with E-state index in [4.69, 9.17) is 0 Å². The van der Waals surface area contributed by atoms with Gasteiger partial charge in [-0.2, -0.15) is 11.1 Å². The first-order valence-corrected chi connectivity index (χ1v) is 14.0. The Balaban J connectivity index is 0.00000342. The van der Waals surface area contributed by atoms with Crippen molar-refractivity contribution in [3.05, 3.63) is 102 Å². The van der Waals surface area contributed by atoms with E-state index in [2.05, 4.69) is 151 Å². The Morgan fingerprint density at radius 1 is 0.632 bits per heavy atom. The summed E-state index contributed by atoms with van der Waals surface area (Å²) in [7, 11) is 5.88. The molecular formula is C31H37Cl3N2SiTi. The minimum absolute atomic E-state index is 0. The molecule has 4 rings (SSSR count). The predicted octanol–water partition coefficient (Wildman–Crippen LogP) is -3.84. The van der Waals surface area contributed by atoms with E-state index in [-0.39, 0.29) is 64.0 Å². The van der Waals surface area contributed by atoms with Gasteiger partial charge in [-0.3, -0.25) is 6.08 Å². The number of hydrogen-bond donors (Lipinski definition) is 0. The number of benzene rings is 3. The maximum Gasteiger partial charge on any atom is 4.00 e. The van der Waals surface area contributed by atoms with E-state index < -0.39 is 8.07 Å². The Hall–Kier alpha value is -1.46. The Labute approximate surface area is 264 Å². The third-order valence-electron chi connectivity index (χ3n) is 7.84. The van der Waals surface area contributed by atoms with Crippen molar-refractivity contribution in [3.8, 4) is 0 Å². The molecule has 2 nitrogen and oxygen atoms in total. The monoisotopic (exact) mass is 618 g/mol. The van der Waals surface area contributed by atoms with Crippen LogP contribution in [-0.4, -0.2) is 36.3 Å². The van der Waals surface area contributed by atoms with Crippen molar-refractivity contribution in [2.75, 3.05) is 38.0 Å². The molecule has 1 aliphatic rings. The van der Waals surface area contributed by atoms with E-state index in [1.54, 1.807) is 0 Å². The molecule has 1 atom stereocenters. The van der Waals surface area contributed by atoms with E-state index in [9.17, 15) is 0 Å². The van der Waals surface area contributed by atoms with Crippen molar-refractivity contribution in [3.63, 3.8) is 0 Å². The van der Waals surface area contributed by atoms with E-state index >= 15 is 0 Å². The third-order valence-corrected chi connectivity index (χ3v) is 13.4. The molecule has 0 amide bonds. The summed E-state index contributed by atoms with van der Waals surface area (Å²) >= 11 is 0. The molecule has 0 heterocycles. The summed E-state index contributed by atoms with van der Waals surface area (Å²) in [4.78, 5) is 4.45. The van der Waals surface area contributed by atoms with E-state index in [0.29, 0.717) is 0 Å². The van der Waals surface area contributed by atoms with Gasteiger partial charge in [0.25, 0.3) is 0 Å². The molecule has 0 radical (unpaired) electrons. The van der Waals surface area contributed by atoms with Gasteiger partial charge in [-0.15, -0.1) is 6.92 Å². The first-order chi connectivity index (χ1) is 16.1. The molecule has 1 aliphatic carbocycles. The minimum Gasteiger partial charge on any atom is -1.00 e. The maximum atomic E-state index is 4.04. The number of halogens is 3. The number of hydrogen-bond acceptors (Lipinski definition) is 2. The predicted molar refractivity (Wildman–Crippen MR) is 152 cm³/mol. The molecule has 7 heteroatoms. The van der Waals surface area contributed by atoms with Gasteiger partial charge in [-0.1, -0.05) is 86.5 Å². The van der Waals surface area contributed by atoms with Gasteiger partial charge in [0.15, 0.2) is 0 Å². The molecule has 0 spiro atoms. The fourth-order valence-corrected chi connectivity index (χ4v) is 11.6. The van der Waals surface area contributed by atoms with Crippen LogP contribution in [0, 0.1) is 6.08 Å². The maximum absolute atomic E-state index is 4.04. The average molecular weight is 620 g/mol. The molecule has 0 N–H and O–H groups in total. The number of rotatable bonds is 6. The fraction of sp³-hybridized carbons (Fsp3) is 0.290. The zero-order valence-corrected chi connectivity index (χ0v) is 28.4. The van der Waals surface area contributed by atoms with Gasteiger partial charge in [0.2, 0.25) is 0 Å². The van der Waals surface area contributed by atoms with E-state index in [1.807, 2.05) is 0 Å². The molecule has 1 unspecified atom stereocenters. The van der Waals surface area contributed by atoms with Gasteiger partial charge in [0.05, 0.1) is 0 Å². The van der Waals surface area contributed by atoms with E-state index in [0.717, 1.165) is 0 Å². The molecule has 0 bridgehead atoms. The van der Waals surface area contributed by atoms with Crippen LogP contribution in [0.1, 0.15) is 27.7 Å². The summed E-state index contributed by atoms with van der Waals surface area (Å²) in [6.45, 7) is 9.25. The molecule has 0 saturated heterocycles. The third kappa shape index (κ3) is 5.99. The quantitative estimate of drug-likeness (QED) is 0.159. The summed E-state index contributed by atoms with van der Waals surface area (Å²) in [6, 6.07) is 29.6. The van der Waals surface area contributed by atoms with Gasteiger partial charge >= 0.3 is 21.7 Å². The Kier molecular flexibility index (Phi) is 13.7. The molecule has 0 aliphatic heterocycles. The zero-order chi connectivity index (χ0) is 24.7. The molecule has 3 aromatic carbocycles. The van der Waals surface area contributed by atoms with Gasteiger partial charge in [-0.05, 0) is 33.8 Å². The van der Waals surface area contributed by atoms with Crippen molar-refractivity contribution in [1.29, 1.82) is 0 Å². The largest absolute Gasteiger partial charge is 4.00 e. The van der Waals surface area contributed by atoms with Gasteiger partial charge in [0.1, 0.15) is 8.07 Å². The smallest absolute Gasteiger partial charge is 1.00 e. The van der Waals surface area contributed by atoms with Crippen LogP contribution in [0.25, 0.3) is 0 Å². The second kappa shape index (κ2) is 14.3. The summed E-state index contributed by atoms with van der Waals surface area (Å²) in [6.07, 6.45) is 4.04. The van der Waals surface area contributed by atoms with Crippen LogP contribution in [0.15, 0.2) is 95.6 Å². The second-order valence-electron chi connectivity index (χ2n) is 10.1. The first kappa shape index (κ1) is 36.5. The van der Waals surface area contributed by atoms with Crippen LogP contribution in [0.2, 0.25) is 5.04 Å². The number of allylic oxidation sites excluding steroid dienone is 4. The molecule has 0 aromatic heterocycles. The normalized spacial score (nSPS) is 16.3. The molecule has 3 aromatic rings. The first-order valence-electron chi connectivity index (χ1n) is 12.0. The van der Waals surface area contributed by atoms with Crippen LogP contribution in [-0.2, 0) is 21.7 Å². The van der Waals surface area contributed by atoms with Gasteiger partial charge in [0, 0.05) is 39.6 Å². The van der Waals surface area contributed by atoms with Crippen LogP contribution in [0.4, 0.5) is 11.4 Å². The van der Waals surface area contributed by atoms with Crippen LogP contribution >= 0.6 is 0 Å². The summed E-state index contributed by atoms with van der Waals surface area (Å²) < 4.78 is 0. The molecule has 200 valence electrons. The van der Waals surface area contributed by atoms with Crippen molar-refractivity contribution in [2.24, 2.45) is 0 Å². The molecule has 0 saturated carbocycles. The van der Waals surface area contributed by atoms with Crippen molar-refractivity contribution in [2.45, 2.75) is 32.7 Å². The fourth-order valence-electron chi connectivity index (χ4n) is 5.66. The Bertz CT molecular complexity index is 1190. The molecule has 38 heavy (non-hydrogen) atoms. The minimum atomic E-state index is -2.66. The van der Waals surface area contributed by atoms with Crippen LogP contribution in [0.3, 0.4) is 0 Å². The number of anilines is 2. The Morgan fingerprint density at radius 3 is 1.34 bits per heavy atom. The van der Waals surface area contributed by atoms with Crippen molar-refractivity contribution >= 4 is 35.0 Å². The number of nitrogens with zero attached hydrogens (tertiary/aromatic N) is 2. The summed E-state index contributed by atoms with van der Waals surface area (Å²) in [5.41, 5.74) is 6.55. The van der Waals surface area contributed by atoms with Crippen molar-refractivity contribution < 1.29 is 58.9 Å².